The zero-order valence-electron chi connectivity index (χ0n) is 14.0. The SMILES string of the molecule is Cc1cccc(OC2CN(C(=O)NCCC(C)N(C)C)C2)c1. The number of rotatable bonds is 6. The number of carbonyl (C=O) groups excluding carboxylic acids is 1. The van der Waals surface area contributed by atoms with Crippen LogP contribution in [-0.2, 0) is 0 Å². The summed E-state index contributed by atoms with van der Waals surface area (Å²) in [6, 6.07) is 8.48. The Kier molecular flexibility index (Phi) is 5.66. The molecule has 1 atom stereocenters. The van der Waals surface area contributed by atoms with Crippen LogP contribution >= 0.6 is 0 Å². The number of nitrogens with zero attached hydrogens (tertiary/aromatic N) is 2. The molecule has 0 radical (unpaired) electrons. The summed E-state index contributed by atoms with van der Waals surface area (Å²) in [6.07, 6.45) is 1.06. The average Bonchev–Trinajstić information content (AvgIpc) is 2.42. The zero-order chi connectivity index (χ0) is 16.1. The maximum atomic E-state index is 12.0. The van der Waals surface area contributed by atoms with Gasteiger partial charge in [-0.3, -0.25) is 0 Å². The van der Waals surface area contributed by atoms with Crippen LogP contribution in [0.5, 0.6) is 5.75 Å². The molecule has 0 spiro atoms. The first-order chi connectivity index (χ1) is 10.5. The number of aryl methyl sites for hydroxylation is 1. The molecule has 2 rings (SSSR count). The first-order valence-electron chi connectivity index (χ1n) is 7.88. The summed E-state index contributed by atoms with van der Waals surface area (Å²) in [7, 11) is 4.10. The summed E-state index contributed by atoms with van der Waals surface area (Å²) in [6.45, 7) is 6.22. The van der Waals surface area contributed by atoms with Crippen LogP contribution in [0.1, 0.15) is 18.9 Å². The third-order valence-corrected chi connectivity index (χ3v) is 4.15. The number of hydrogen-bond acceptors (Lipinski definition) is 3. The van der Waals surface area contributed by atoms with Gasteiger partial charge >= 0.3 is 6.03 Å². The molecule has 0 saturated carbocycles. The molecular formula is C17H27N3O2. The molecule has 1 N–H and O–H groups in total. The van der Waals surface area contributed by atoms with Crippen LogP contribution in [0, 0.1) is 6.92 Å². The minimum Gasteiger partial charge on any atom is -0.487 e. The number of hydrogen-bond donors (Lipinski definition) is 1. The van der Waals surface area contributed by atoms with Gasteiger partial charge in [0.1, 0.15) is 11.9 Å². The molecule has 0 bridgehead atoms. The normalized spacial score (nSPS) is 16.3. The van der Waals surface area contributed by atoms with Crippen LogP contribution in [-0.4, -0.2) is 61.7 Å². The molecule has 1 aliphatic rings. The van der Waals surface area contributed by atoms with Crippen LogP contribution < -0.4 is 10.1 Å². The van der Waals surface area contributed by atoms with Crippen molar-refractivity contribution in [3.05, 3.63) is 29.8 Å². The molecule has 1 unspecified atom stereocenters. The molecule has 1 aromatic carbocycles. The largest absolute Gasteiger partial charge is 0.487 e. The topological polar surface area (TPSA) is 44.8 Å². The smallest absolute Gasteiger partial charge is 0.317 e. The summed E-state index contributed by atoms with van der Waals surface area (Å²) in [4.78, 5) is 15.9. The lowest BCUT2D eigenvalue weighted by Crippen LogP contribution is -2.59. The standard InChI is InChI=1S/C17H27N3O2/c1-13-6-5-7-15(10-13)22-16-11-20(12-16)17(21)18-9-8-14(2)19(3)4/h5-7,10,14,16H,8-9,11-12H2,1-4H3,(H,18,21). The van der Waals surface area contributed by atoms with Gasteiger partial charge in [0.2, 0.25) is 0 Å². The predicted molar refractivity (Wildman–Crippen MR) is 88.3 cm³/mol. The van der Waals surface area contributed by atoms with E-state index >= 15 is 0 Å². The van der Waals surface area contributed by atoms with E-state index in [4.69, 9.17) is 4.74 Å². The molecular weight excluding hydrogens is 278 g/mol. The predicted octanol–water partition coefficient (Wildman–Crippen LogP) is 2.11. The number of amides is 2. The fourth-order valence-corrected chi connectivity index (χ4v) is 2.32. The molecule has 5 nitrogen and oxygen atoms in total. The lowest BCUT2D eigenvalue weighted by Gasteiger charge is -2.39. The number of benzene rings is 1. The van der Waals surface area contributed by atoms with Gasteiger partial charge in [0, 0.05) is 12.6 Å². The van der Waals surface area contributed by atoms with Gasteiger partial charge in [-0.05, 0) is 52.1 Å². The Bertz CT molecular complexity index is 498. The lowest BCUT2D eigenvalue weighted by molar-refractivity contribution is 0.0443. The van der Waals surface area contributed by atoms with E-state index in [1.807, 2.05) is 31.2 Å². The second-order valence-electron chi connectivity index (χ2n) is 6.29. The highest BCUT2D eigenvalue weighted by atomic mass is 16.5. The van der Waals surface area contributed by atoms with Gasteiger partial charge in [-0.2, -0.15) is 0 Å². The summed E-state index contributed by atoms with van der Waals surface area (Å²) >= 11 is 0. The first-order valence-corrected chi connectivity index (χ1v) is 7.88. The Hall–Kier alpha value is -1.75. The van der Waals surface area contributed by atoms with E-state index in [9.17, 15) is 4.79 Å². The van der Waals surface area contributed by atoms with Crippen molar-refractivity contribution < 1.29 is 9.53 Å². The Labute approximate surface area is 133 Å². The van der Waals surface area contributed by atoms with Crippen LogP contribution in [0.3, 0.4) is 0 Å². The van der Waals surface area contributed by atoms with E-state index in [-0.39, 0.29) is 12.1 Å². The van der Waals surface area contributed by atoms with Gasteiger partial charge in [-0.1, -0.05) is 12.1 Å². The maximum Gasteiger partial charge on any atom is 0.317 e. The molecule has 1 aliphatic heterocycles. The van der Waals surface area contributed by atoms with Crippen molar-refractivity contribution in [1.82, 2.24) is 15.1 Å². The van der Waals surface area contributed by atoms with Crippen LogP contribution in [0.25, 0.3) is 0 Å². The Morgan fingerprint density at radius 1 is 1.45 bits per heavy atom. The van der Waals surface area contributed by atoms with E-state index in [1.54, 1.807) is 4.90 Å². The monoisotopic (exact) mass is 305 g/mol. The minimum absolute atomic E-state index is 0.00930. The molecule has 2 amide bonds. The number of urea groups is 1. The van der Waals surface area contributed by atoms with Gasteiger partial charge in [-0.25, -0.2) is 4.79 Å². The van der Waals surface area contributed by atoms with Crippen LogP contribution in [0.15, 0.2) is 24.3 Å². The van der Waals surface area contributed by atoms with Crippen molar-refractivity contribution in [3.8, 4) is 5.75 Å². The molecule has 0 aliphatic carbocycles. The van der Waals surface area contributed by atoms with Gasteiger partial charge in [-0.15, -0.1) is 0 Å². The average molecular weight is 305 g/mol. The van der Waals surface area contributed by atoms with Gasteiger partial charge < -0.3 is 19.9 Å². The summed E-state index contributed by atoms with van der Waals surface area (Å²) in [5.41, 5.74) is 1.18. The number of ether oxygens (including phenoxy) is 1. The van der Waals surface area contributed by atoms with Crippen molar-refractivity contribution in [1.29, 1.82) is 0 Å². The summed E-state index contributed by atoms with van der Waals surface area (Å²) in [5.74, 6) is 0.880. The molecule has 22 heavy (non-hydrogen) atoms. The Morgan fingerprint density at radius 3 is 2.82 bits per heavy atom. The second-order valence-corrected chi connectivity index (χ2v) is 6.29. The van der Waals surface area contributed by atoms with E-state index < -0.39 is 0 Å². The van der Waals surface area contributed by atoms with Crippen molar-refractivity contribution in [2.24, 2.45) is 0 Å². The van der Waals surface area contributed by atoms with E-state index in [0.29, 0.717) is 25.7 Å². The maximum absolute atomic E-state index is 12.0. The van der Waals surface area contributed by atoms with Crippen molar-refractivity contribution in [2.45, 2.75) is 32.4 Å². The van der Waals surface area contributed by atoms with E-state index in [1.165, 1.54) is 5.56 Å². The Morgan fingerprint density at radius 2 is 2.18 bits per heavy atom. The van der Waals surface area contributed by atoms with Gasteiger partial charge in [0.15, 0.2) is 0 Å². The molecule has 0 aromatic heterocycles. The van der Waals surface area contributed by atoms with E-state index in [2.05, 4.69) is 31.2 Å². The van der Waals surface area contributed by atoms with Crippen LogP contribution in [0.4, 0.5) is 4.79 Å². The zero-order valence-corrected chi connectivity index (χ0v) is 14.0. The van der Waals surface area contributed by atoms with Crippen molar-refractivity contribution in [2.75, 3.05) is 33.7 Å². The highest BCUT2D eigenvalue weighted by Gasteiger charge is 2.32. The fourth-order valence-electron chi connectivity index (χ4n) is 2.32. The fraction of sp³-hybridized carbons (Fsp3) is 0.588. The second kappa shape index (κ2) is 7.49. The number of likely N-dealkylation sites (tertiary alicyclic amines) is 1. The van der Waals surface area contributed by atoms with E-state index in [0.717, 1.165) is 12.2 Å². The quantitative estimate of drug-likeness (QED) is 0.875. The minimum atomic E-state index is 0.00930. The molecule has 1 heterocycles. The van der Waals surface area contributed by atoms with Gasteiger partial charge in [0.05, 0.1) is 13.1 Å². The van der Waals surface area contributed by atoms with Crippen molar-refractivity contribution >= 4 is 6.03 Å². The Balaban J connectivity index is 1.65. The molecule has 1 aromatic rings. The number of carbonyl (C=O) groups is 1. The summed E-state index contributed by atoms with van der Waals surface area (Å²) < 4.78 is 5.86. The highest BCUT2D eigenvalue weighted by molar-refractivity contribution is 5.75. The van der Waals surface area contributed by atoms with Crippen LogP contribution in [0.2, 0.25) is 0 Å². The third-order valence-electron chi connectivity index (χ3n) is 4.15. The molecule has 1 fully saturated rings. The lowest BCUT2D eigenvalue weighted by atomic mass is 10.1. The molecule has 5 heteroatoms. The first kappa shape index (κ1) is 16.6. The van der Waals surface area contributed by atoms with Gasteiger partial charge in [0.25, 0.3) is 0 Å². The number of nitrogens with one attached hydrogen (secondary N) is 1. The third kappa shape index (κ3) is 4.63. The molecule has 122 valence electrons. The highest BCUT2D eigenvalue weighted by Crippen LogP contribution is 2.19. The van der Waals surface area contributed by atoms with Crippen molar-refractivity contribution in [3.63, 3.8) is 0 Å². The molecule has 1 saturated heterocycles. The summed E-state index contributed by atoms with van der Waals surface area (Å²) in [5, 5.41) is 2.97.